The van der Waals surface area contributed by atoms with Crippen LogP contribution < -0.4 is 5.73 Å². The van der Waals surface area contributed by atoms with E-state index in [1.54, 1.807) is 0 Å². The molecule has 1 fully saturated rings. The summed E-state index contributed by atoms with van der Waals surface area (Å²) in [6, 6.07) is 0.848. The van der Waals surface area contributed by atoms with Crippen molar-refractivity contribution in [1.82, 2.24) is 4.90 Å². The van der Waals surface area contributed by atoms with Gasteiger partial charge >= 0.3 is 0 Å². The van der Waals surface area contributed by atoms with Gasteiger partial charge in [-0.15, -0.1) is 0 Å². The normalized spacial score (nSPS) is 16.5. The molecule has 0 spiro atoms. The van der Waals surface area contributed by atoms with Gasteiger partial charge in [0.05, 0.1) is 4.99 Å². The summed E-state index contributed by atoms with van der Waals surface area (Å²) in [6.07, 6.45) is 6.21. The van der Waals surface area contributed by atoms with Crippen LogP contribution in [0.15, 0.2) is 0 Å². The standard InChI is InChI=1S/C10H20N2S/c1-2-3-7-12(9-4-5-9)8-6-10(11)13/h9H,2-8H2,1H3,(H2,11,13). The topological polar surface area (TPSA) is 29.3 Å². The molecule has 1 saturated carbocycles. The molecular weight excluding hydrogens is 180 g/mol. The van der Waals surface area contributed by atoms with Crippen LogP contribution in [-0.4, -0.2) is 29.0 Å². The van der Waals surface area contributed by atoms with Gasteiger partial charge in [-0.3, -0.25) is 4.90 Å². The maximum absolute atomic E-state index is 5.49. The highest BCUT2D eigenvalue weighted by Gasteiger charge is 2.27. The summed E-state index contributed by atoms with van der Waals surface area (Å²) < 4.78 is 0. The molecule has 0 atom stereocenters. The monoisotopic (exact) mass is 200 g/mol. The predicted molar refractivity (Wildman–Crippen MR) is 60.9 cm³/mol. The molecule has 0 aromatic heterocycles. The molecule has 1 rings (SSSR count). The van der Waals surface area contributed by atoms with Crippen LogP contribution in [0.1, 0.15) is 39.0 Å². The van der Waals surface area contributed by atoms with Crippen molar-refractivity contribution in [2.24, 2.45) is 5.73 Å². The summed E-state index contributed by atoms with van der Waals surface area (Å²) in [7, 11) is 0. The predicted octanol–water partition coefficient (Wildman–Crippen LogP) is 1.93. The van der Waals surface area contributed by atoms with Gasteiger partial charge in [-0.1, -0.05) is 25.6 Å². The average molecular weight is 200 g/mol. The number of rotatable bonds is 7. The Bertz CT molecular complexity index is 166. The lowest BCUT2D eigenvalue weighted by atomic mass is 10.3. The molecule has 0 aromatic carbocycles. The van der Waals surface area contributed by atoms with Crippen LogP contribution in [-0.2, 0) is 0 Å². The first-order valence-electron chi connectivity index (χ1n) is 5.26. The third-order valence-corrected chi connectivity index (χ3v) is 2.71. The SMILES string of the molecule is CCCCN(CCC(N)=S)C1CC1. The van der Waals surface area contributed by atoms with Crippen molar-refractivity contribution < 1.29 is 0 Å². The number of hydrogen-bond acceptors (Lipinski definition) is 2. The molecule has 0 unspecified atom stereocenters. The molecule has 2 nitrogen and oxygen atoms in total. The summed E-state index contributed by atoms with van der Waals surface area (Å²) in [5.74, 6) is 0. The van der Waals surface area contributed by atoms with Gasteiger partial charge in [-0.25, -0.2) is 0 Å². The average Bonchev–Trinajstić information content (AvgIpc) is 2.87. The second-order valence-corrected chi connectivity index (χ2v) is 4.36. The molecule has 3 heteroatoms. The quantitative estimate of drug-likeness (QED) is 0.637. The van der Waals surface area contributed by atoms with E-state index >= 15 is 0 Å². The first kappa shape index (κ1) is 10.9. The van der Waals surface area contributed by atoms with E-state index < -0.39 is 0 Å². The Morgan fingerprint density at radius 1 is 1.46 bits per heavy atom. The van der Waals surface area contributed by atoms with Crippen LogP contribution in [0.2, 0.25) is 0 Å². The molecule has 0 amide bonds. The summed E-state index contributed by atoms with van der Waals surface area (Å²) >= 11 is 4.88. The second-order valence-electron chi connectivity index (χ2n) is 3.84. The molecule has 0 saturated heterocycles. The molecule has 0 bridgehead atoms. The minimum Gasteiger partial charge on any atom is -0.393 e. The van der Waals surface area contributed by atoms with Crippen LogP contribution in [0.25, 0.3) is 0 Å². The van der Waals surface area contributed by atoms with Crippen molar-refractivity contribution in [2.75, 3.05) is 13.1 Å². The molecule has 13 heavy (non-hydrogen) atoms. The number of nitrogens with zero attached hydrogens (tertiary/aromatic N) is 1. The third kappa shape index (κ3) is 4.58. The maximum Gasteiger partial charge on any atom is 0.0740 e. The van der Waals surface area contributed by atoms with Crippen LogP contribution in [0.5, 0.6) is 0 Å². The zero-order chi connectivity index (χ0) is 9.68. The Morgan fingerprint density at radius 2 is 2.15 bits per heavy atom. The van der Waals surface area contributed by atoms with E-state index in [0.717, 1.165) is 19.0 Å². The van der Waals surface area contributed by atoms with Crippen LogP contribution in [0.4, 0.5) is 0 Å². The Balaban J connectivity index is 2.17. The fourth-order valence-corrected chi connectivity index (χ4v) is 1.62. The Morgan fingerprint density at radius 3 is 2.62 bits per heavy atom. The van der Waals surface area contributed by atoms with Gasteiger partial charge < -0.3 is 5.73 Å². The first-order valence-corrected chi connectivity index (χ1v) is 5.67. The van der Waals surface area contributed by atoms with Crippen LogP contribution in [0, 0.1) is 0 Å². The molecule has 0 radical (unpaired) electrons. The highest BCUT2D eigenvalue weighted by atomic mass is 32.1. The number of hydrogen-bond donors (Lipinski definition) is 1. The van der Waals surface area contributed by atoms with E-state index in [1.807, 2.05) is 0 Å². The van der Waals surface area contributed by atoms with Gasteiger partial charge in [0.1, 0.15) is 0 Å². The molecule has 1 aliphatic carbocycles. The number of nitrogens with two attached hydrogens (primary N) is 1. The molecule has 0 aromatic rings. The van der Waals surface area contributed by atoms with Crippen molar-refractivity contribution >= 4 is 17.2 Å². The lowest BCUT2D eigenvalue weighted by Crippen LogP contribution is -2.30. The minimum atomic E-state index is 0.655. The van der Waals surface area contributed by atoms with Crippen molar-refractivity contribution in [3.8, 4) is 0 Å². The summed E-state index contributed by atoms with van der Waals surface area (Å²) in [5, 5.41) is 0. The fourth-order valence-electron chi connectivity index (χ4n) is 1.53. The lowest BCUT2D eigenvalue weighted by molar-refractivity contribution is 0.267. The van der Waals surface area contributed by atoms with Gasteiger partial charge in [-0.05, 0) is 25.8 Å². The number of thiocarbonyl (C=S) groups is 1. The van der Waals surface area contributed by atoms with Gasteiger partial charge in [0.15, 0.2) is 0 Å². The molecule has 76 valence electrons. The van der Waals surface area contributed by atoms with E-state index in [4.69, 9.17) is 18.0 Å². The Kier molecular flexibility index (Phi) is 4.67. The number of unbranched alkanes of at least 4 members (excludes halogenated alkanes) is 1. The summed E-state index contributed by atoms with van der Waals surface area (Å²) in [5.41, 5.74) is 5.49. The van der Waals surface area contributed by atoms with Crippen molar-refractivity contribution in [1.29, 1.82) is 0 Å². The fraction of sp³-hybridized carbons (Fsp3) is 0.900. The third-order valence-electron chi connectivity index (χ3n) is 2.51. The summed E-state index contributed by atoms with van der Waals surface area (Å²) in [4.78, 5) is 3.20. The molecule has 0 heterocycles. The highest BCUT2D eigenvalue weighted by Crippen LogP contribution is 2.27. The van der Waals surface area contributed by atoms with Gasteiger partial charge in [-0.2, -0.15) is 0 Å². The van der Waals surface area contributed by atoms with E-state index in [9.17, 15) is 0 Å². The lowest BCUT2D eigenvalue weighted by Gasteiger charge is -2.21. The van der Waals surface area contributed by atoms with E-state index in [-0.39, 0.29) is 0 Å². The van der Waals surface area contributed by atoms with E-state index in [0.29, 0.717) is 4.99 Å². The summed E-state index contributed by atoms with van der Waals surface area (Å²) in [6.45, 7) is 4.53. The van der Waals surface area contributed by atoms with Crippen molar-refractivity contribution in [2.45, 2.75) is 45.1 Å². The first-order chi connectivity index (χ1) is 6.24. The smallest absolute Gasteiger partial charge is 0.0740 e. The van der Waals surface area contributed by atoms with Crippen molar-refractivity contribution in [3.63, 3.8) is 0 Å². The maximum atomic E-state index is 5.49. The van der Waals surface area contributed by atoms with Gasteiger partial charge in [0, 0.05) is 19.0 Å². The van der Waals surface area contributed by atoms with E-state index in [1.165, 1.54) is 32.2 Å². The second kappa shape index (κ2) is 5.55. The Labute approximate surface area is 86.5 Å². The molecule has 2 N–H and O–H groups in total. The Hall–Kier alpha value is -0.150. The van der Waals surface area contributed by atoms with Gasteiger partial charge in [0.2, 0.25) is 0 Å². The molecule has 0 aliphatic heterocycles. The highest BCUT2D eigenvalue weighted by molar-refractivity contribution is 7.80. The van der Waals surface area contributed by atoms with Crippen LogP contribution in [0.3, 0.4) is 0 Å². The van der Waals surface area contributed by atoms with E-state index in [2.05, 4.69) is 11.8 Å². The zero-order valence-corrected chi connectivity index (χ0v) is 9.28. The zero-order valence-electron chi connectivity index (χ0n) is 8.46. The molecule has 1 aliphatic rings. The molecular formula is C10H20N2S. The van der Waals surface area contributed by atoms with Gasteiger partial charge in [0.25, 0.3) is 0 Å². The van der Waals surface area contributed by atoms with Crippen molar-refractivity contribution in [3.05, 3.63) is 0 Å². The van der Waals surface area contributed by atoms with Crippen LogP contribution >= 0.6 is 12.2 Å². The minimum absolute atomic E-state index is 0.655. The largest absolute Gasteiger partial charge is 0.393 e.